The predicted octanol–water partition coefficient (Wildman–Crippen LogP) is 2.91. The van der Waals surface area contributed by atoms with Crippen molar-refractivity contribution in [1.29, 1.82) is 0 Å². The topological polar surface area (TPSA) is 50.2 Å². The van der Waals surface area contributed by atoms with Gasteiger partial charge >= 0.3 is 0 Å². The summed E-state index contributed by atoms with van der Waals surface area (Å²) >= 11 is 0. The minimum atomic E-state index is 0.0435. The SMILES string of the molecule is C/C(=C\CN1CCN(CC2ON=C3c4ncccc4OCC32)CC1)c1ccccc1. The molecule has 2 unspecified atom stereocenters. The number of piperazine rings is 1. The molecule has 1 aromatic heterocycles. The molecule has 3 aliphatic rings. The normalized spacial score (nSPS) is 24.4. The summed E-state index contributed by atoms with van der Waals surface area (Å²) in [4.78, 5) is 15.3. The van der Waals surface area contributed by atoms with Crippen molar-refractivity contribution in [1.82, 2.24) is 14.8 Å². The lowest BCUT2D eigenvalue weighted by Crippen LogP contribution is -2.50. The molecular weight excluding hydrogens is 376 g/mol. The van der Waals surface area contributed by atoms with E-state index in [0.29, 0.717) is 6.61 Å². The van der Waals surface area contributed by atoms with Crippen LogP contribution < -0.4 is 4.74 Å². The Balaban J connectivity index is 1.12. The first-order valence-corrected chi connectivity index (χ1v) is 10.8. The van der Waals surface area contributed by atoms with Gasteiger partial charge in [0.05, 0.1) is 5.92 Å². The van der Waals surface area contributed by atoms with Crippen LogP contribution in [0.1, 0.15) is 18.2 Å². The van der Waals surface area contributed by atoms with Crippen LogP contribution in [0.5, 0.6) is 5.75 Å². The van der Waals surface area contributed by atoms with Crippen LogP contribution >= 0.6 is 0 Å². The molecule has 1 aromatic carbocycles. The van der Waals surface area contributed by atoms with Crippen LogP contribution in [-0.2, 0) is 4.84 Å². The molecule has 1 fully saturated rings. The molecule has 3 aliphatic heterocycles. The number of oxime groups is 1. The van der Waals surface area contributed by atoms with Gasteiger partial charge in [-0.1, -0.05) is 41.6 Å². The van der Waals surface area contributed by atoms with Crippen LogP contribution in [0, 0.1) is 5.92 Å². The second-order valence-electron chi connectivity index (χ2n) is 8.24. The average molecular weight is 405 g/mol. The monoisotopic (exact) mass is 404 g/mol. The molecule has 0 aliphatic carbocycles. The van der Waals surface area contributed by atoms with Gasteiger partial charge < -0.3 is 9.57 Å². The van der Waals surface area contributed by atoms with Crippen LogP contribution in [0.25, 0.3) is 5.57 Å². The van der Waals surface area contributed by atoms with Gasteiger partial charge in [-0.3, -0.25) is 14.8 Å². The first-order chi connectivity index (χ1) is 14.8. The lowest BCUT2D eigenvalue weighted by molar-refractivity contribution is 0.0102. The van der Waals surface area contributed by atoms with Crippen LogP contribution in [0.3, 0.4) is 0 Å². The summed E-state index contributed by atoms with van der Waals surface area (Å²) < 4.78 is 5.91. The first kappa shape index (κ1) is 19.3. The molecule has 156 valence electrons. The number of allylic oxidation sites excluding steroid dienone is 1. The van der Waals surface area contributed by atoms with Gasteiger partial charge in [-0.25, -0.2) is 0 Å². The van der Waals surface area contributed by atoms with Gasteiger partial charge in [0.15, 0.2) is 6.10 Å². The third-order valence-electron chi connectivity index (χ3n) is 6.31. The maximum Gasteiger partial charge on any atom is 0.151 e. The lowest BCUT2D eigenvalue weighted by Gasteiger charge is -2.36. The van der Waals surface area contributed by atoms with E-state index in [9.17, 15) is 0 Å². The van der Waals surface area contributed by atoms with Crippen LogP contribution in [0.4, 0.5) is 0 Å². The van der Waals surface area contributed by atoms with Crippen molar-refractivity contribution in [3.05, 3.63) is 66.0 Å². The van der Waals surface area contributed by atoms with E-state index in [0.717, 1.165) is 56.4 Å². The summed E-state index contributed by atoms with van der Waals surface area (Å²) in [7, 11) is 0. The summed E-state index contributed by atoms with van der Waals surface area (Å²) in [6.45, 7) is 8.95. The van der Waals surface area contributed by atoms with Crippen LogP contribution in [-0.4, -0.2) is 72.5 Å². The molecule has 0 bridgehead atoms. The van der Waals surface area contributed by atoms with Crippen molar-refractivity contribution in [2.75, 3.05) is 45.9 Å². The summed E-state index contributed by atoms with van der Waals surface area (Å²) in [6, 6.07) is 14.4. The highest BCUT2D eigenvalue weighted by molar-refractivity contribution is 6.04. The van der Waals surface area contributed by atoms with Gasteiger partial charge in [-0.2, -0.15) is 0 Å². The van der Waals surface area contributed by atoms with Gasteiger partial charge in [-0.15, -0.1) is 0 Å². The Morgan fingerprint density at radius 3 is 2.70 bits per heavy atom. The fourth-order valence-corrected chi connectivity index (χ4v) is 4.38. The summed E-state index contributed by atoms with van der Waals surface area (Å²) in [5, 5.41) is 4.37. The number of benzene rings is 1. The molecule has 6 heteroatoms. The van der Waals surface area contributed by atoms with Crippen molar-refractivity contribution in [2.45, 2.75) is 13.0 Å². The maximum atomic E-state index is 5.91. The lowest BCUT2D eigenvalue weighted by atomic mass is 9.93. The zero-order valence-corrected chi connectivity index (χ0v) is 17.4. The van der Waals surface area contributed by atoms with E-state index < -0.39 is 0 Å². The van der Waals surface area contributed by atoms with E-state index in [1.165, 1.54) is 11.1 Å². The standard InChI is InChI=1S/C24H28N4O2/c1-18(19-6-3-2-4-7-19)9-11-27-12-14-28(15-13-27)16-22-20-17-29-21-8-5-10-25-24(21)23(20)26-30-22/h2-10,20,22H,11-17H2,1H3/b18-9+. The molecule has 1 saturated heterocycles. The third-order valence-corrected chi connectivity index (χ3v) is 6.31. The Bertz CT molecular complexity index is 935. The fourth-order valence-electron chi connectivity index (χ4n) is 4.38. The van der Waals surface area contributed by atoms with Gasteiger partial charge in [0.1, 0.15) is 23.8 Å². The Kier molecular flexibility index (Phi) is 5.51. The second-order valence-corrected chi connectivity index (χ2v) is 8.24. The maximum absolute atomic E-state index is 5.91. The minimum absolute atomic E-state index is 0.0435. The highest BCUT2D eigenvalue weighted by atomic mass is 16.6. The fraction of sp³-hybridized carbons (Fsp3) is 0.417. The Hall–Kier alpha value is -2.70. The number of rotatable bonds is 5. The number of aromatic nitrogens is 1. The number of pyridine rings is 1. The van der Waals surface area contributed by atoms with E-state index in [2.05, 4.69) is 63.3 Å². The van der Waals surface area contributed by atoms with Crippen molar-refractivity contribution < 1.29 is 9.57 Å². The molecule has 0 amide bonds. The summed E-state index contributed by atoms with van der Waals surface area (Å²) in [5.74, 6) is 0.978. The molecular formula is C24H28N4O2. The zero-order chi connectivity index (χ0) is 20.3. The summed E-state index contributed by atoms with van der Waals surface area (Å²) in [6.07, 6.45) is 4.17. The number of fused-ring (bicyclic) bond motifs is 3. The van der Waals surface area contributed by atoms with Crippen molar-refractivity contribution in [3.63, 3.8) is 0 Å². The van der Waals surface area contributed by atoms with Gasteiger partial charge in [0.25, 0.3) is 0 Å². The average Bonchev–Trinajstić information content (AvgIpc) is 3.22. The molecule has 0 radical (unpaired) electrons. The number of hydrogen-bond donors (Lipinski definition) is 0. The van der Waals surface area contributed by atoms with Crippen LogP contribution in [0.2, 0.25) is 0 Å². The molecule has 2 atom stereocenters. The molecule has 0 saturated carbocycles. The van der Waals surface area contributed by atoms with Gasteiger partial charge in [0, 0.05) is 45.5 Å². The van der Waals surface area contributed by atoms with Gasteiger partial charge in [-0.05, 0) is 30.2 Å². The molecule has 5 rings (SSSR count). The number of nitrogens with zero attached hydrogens (tertiary/aromatic N) is 4. The molecule has 4 heterocycles. The van der Waals surface area contributed by atoms with E-state index in [1.54, 1.807) is 6.20 Å². The minimum Gasteiger partial charge on any atom is -0.490 e. The zero-order valence-electron chi connectivity index (χ0n) is 17.4. The predicted molar refractivity (Wildman–Crippen MR) is 118 cm³/mol. The van der Waals surface area contributed by atoms with Crippen molar-refractivity contribution in [2.24, 2.45) is 11.1 Å². The second kappa shape index (κ2) is 8.58. The van der Waals surface area contributed by atoms with Crippen molar-refractivity contribution >= 4 is 11.3 Å². The Morgan fingerprint density at radius 1 is 1.07 bits per heavy atom. The molecule has 0 spiro atoms. The molecule has 2 aromatic rings. The molecule has 6 nitrogen and oxygen atoms in total. The molecule has 30 heavy (non-hydrogen) atoms. The number of hydrogen-bond acceptors (Lipinski definition) is 6. The highest BCUT2D eigenvalue weighted by Crippen LogP contribution is 2.32. The third kappa shape index (κ3) is 3.98. The Morgan fingerprint density at radius 2 is 1.87 bits per heavy atom. The highest BCUT2D eigenvalue weighted by Gasteiger charge is 2.41. The smallest absolute Gasteiger partial charge is 0.151 e. The van der Waals surface area contributed by atoms with Crippen molar-refractivity contribution in [3.8, 4) is 5.75 Å². The Labute approximate surface area is 177 Å². The van der Waals surface area contributed by atoms with Gasteiger partial charge in [0.2, 0.25) is 0 Å². The largest absolute Gasteiger partial charge is 0.490 e. The first-order valence-electron chi connectivity index (χ1n) is 10.8. The van der Waals surface area contributed by atoms with E-state index in [1.807, 2.05) is 12.1 Å². The van der Waals surface area contributed by atoms with E-state index in [-0.39, 0.29) is 12.0 Å². The number of ether oxygens (including phenoxy) is 1. The quantitative estimate of drug-likeness (QED) is 0.767. The molecule has 0 N–H and O–H groups in total. The van der Waals surface area contributed by atoms with E-state index >= 15 is 0 Å². The van der Waals surface area contributed by atoms with E-state index in [4.69, 9.17) is 9.57 Å². The van der Waals surface area contributed by atoms with Crippen LogP contribution in [0.15, 0.2) is 59.9 Å². The summed E-state index contributed by atoms with van der Waals surface area (Å²) in [5.41, 5.74) is 4.42.